The van der Waals surface area contributed by atoms with E-state index in [1.54, 1.807) is 24.3 Å². The monoisotopic (exact) mass is 674 g/mol. The number of aromatic nitrogens is 1. The van der Waals surface area contributed by atoms with Crippen molar-refractivity contribution in [2.24, 2.45) is 5.92 Å². The number of fused-ring (bicyclic) bond motifs is 2. The average Bonchev–Trinajstić information content (AvgIpc) is 3.43. The lowest BCUT2D eigenvalue weighted by Gasteiger charge is -2.30. The maximum absolute atomic E-state index is 13.9. The summed E-state index contributed by atoms with van der Waals surface area (Å²) in [6, 6.07) is 15.9. The number of thioether (sulfide) groups is 1. The number of anilines is 2. The molecule has 2 aliphatic rings. The summed E-state index contributed by atoms with van der Waals surface area (Å²) >= 11 is 7.79. The summed E-state index contributed by atoms with van der Waals surface area (Å²) in [5, 5.41) is 12.9. The van der Waals surface area contributed by atoms with Crippen LogP contribution in [0, 0.1) is 16.0 Å². The molecule has 45 heavy (non-hydrogen) atoms. The van der Waals surface area contributed by atoms with Crippen LogP contribution in [0.15, 0.2) is 82.6 Å². The number of nitro groups is 1. The molecule has 0 bridgehead atoms. The second-order valence-electron chi connectivity index (χ2n) is 10.1. The molecule has 1 saturated heterocycles. The first-order chi connectivity index (χ1) is 21.3. The summed E-state index contributed by atoms with van der Waals surface area (Å²) in [6.07, 6.45) is -4.73. The molecule has 1 fully saturated rings. The van der Waals surface area contributed by atoms with Crippen molar-refractivity contribution in [3.05, 3.63) is 114 Å². The van der Waals surface area contributed by atoms with Crippen molar-refractivity contribution < 1.29 is 32.5 Å². The van der Waals surface area contributed by atoms with Crippen molar-refractivity contribution in [2.75, 3.05) is 10.2 Å². The first kappa shape index (κ1) is 30.6. The third-order valence-corrected chi connectivity index (χ3v) is 10.3. The smallest absolute Gasteiger partial charge is 0.324 e. The number of rotatable bonds is 6. The van der Waals surface area contributed by atoms with Gasteiger partial charge in [0.05, 0.1) is 32.8 Å². The van der Waals surface area contributed by atoms with Gasteiger partial charge in [-0.05, 0) is 42.0 Å². The largest absolute Gasteiger partial charge is 0.418 e. The molecule has 0 saturated carbocycles. The standard InChI is InChI=1S/C29H18ClF3N4O6S2/c30-15-7-5-14(6-8-15)21-22-23(26(40)36(25(22)39)16-9-11-17(12-10-16)37(42)43)44-27-24(21)45-28(41)35(27)13-20(38)34-19-4-2-1-3-18(19)29(31,32)33/h1-12,21-23H,13H2,(H,34,38)/t21-,22?,23?/m1/s1. The fraction of sp³-hybridized carbons (Fsp3) is 0.172. The Morgan fingerprint density at radius 1 is 0.978 bits per heavy atom. The molecule has 2 aliphatic heterocycles. The summed E-state index contributed by atoms with van der Waals surface area (Å²) in [5.74, 6) is -3.89. The van der Waals surface area contributed by atoms with Crippen molar-refractivity contribution in [1.29, 1.82) is 0 Å². The Kier molecular flexibility index (Phi) is 7.79. The van der Waals surface area contributed by atoms with Crippen molar-refractivity contribution in [2.45, 2.75) is 28.9 Å². The van der Waals surface area contributed by atoms with Gasteiger partial charge in [-0.1, -0.05) is 59.0 Å². The van der Waals surface area contributed by atoms with Crippen LogP contribution in [0.2, 0.25) is 5.02 Å². The number of benzene rings is 3. The van der Waals surface area contributed by atoms with E-state index >= 15 is 0 Å². The topological polar surface area (TPSA) is 132 Å². The Morgan fingerprint density at radius 3 is 2.29 bits per heavy atom. The second kappa shape index (κ2) is 11.5. The number of para-hydroxylation sites is 1. The Balaban J connectivity index is 1.39. The molecule has 0 spiro atoms. The van der Waals surface area contributed by atoms with E-state index < -0.39 is 68.6 Å². The highest BCUT2D eigenvalue weighted by Crippen LogP contribution is 2.54. The molecule has 4 aromatic rings. The average molecular weight is 675 g/mol. The normalized spacial score (nSPS) is 19.3. The van der Waals surface area contributed by atoms with Crippen LogP contribution in [0.5, 0.6) is 0 Å². The number of halogens is 4. The summed E-state index contributed by atoms with van der Waals surface area (Å²) in [6.45, 7) is -0.650. The fourth-order valence-electron chi connectivity index (χ4n) is 5.44. The van der Waals surface area contributed by atoms with Gasteiger partial charge in [0.1, 0.15) is 11.8 Å². The van der Waals surface area contributed by atoms with Crippen LogP contribution >= 0.6 is 34.7 Å². The SMILES string of the molecule is O=C(Cn1c2c(sc1=O)[C@H](c1ccc(Cl)cc1)C1C(=O)N(c3ccc([N+](=O)[O-])cc3)C(=O)C1S2)Nc1ccccc1C(F)(F)F. The number of nitrogens with zero attached hydrogens (tertiary/aromatic N) is 3. The summed E-state index contributed by atoms with van der Waals surface area (Å²) in [4.78, 5) is 65.2. The Hall–Kier alpha value is -4.47. The number of nitrogens with one attached hydrogen (secondary N) is 1. The lowest BCUT2D eigenvalue weighted by atomic mass is 9.83. The highest BCUT2D eigenvalue weighted by Gasteiger charge is 2.57. The van der Waals surface area contributed by atoms with E-state index in [0.29, 0.717) is 15.5 Å². The molecule has 16 heteroatoms. The molecule has 10 nitrogen and oxygen atoms in total. The molecule has 3 atom stereocenters. The van der Waals surface area contributed by atoms with E-state index in [-0.39, 0.29) is 16.4 Å². The van der Waals surface area contributed by atoms with Gasteiger partial charge in [-0.15, -0.1) is 0 Å². The van der Waals surface area contributed by atoms with Crippen molar-refractivity contribution in [1.82, 2.24) is 4.57 Å². The number of thiazole rings is 1. The van der Waals surface area contributed by atoms with Crippen molar-refractivity contribution in [3.63, 3.8) is 0 Å². The van der Waals surface area contributed by atoms with Crippen LogP contribution in [0.1, 0.15) is 21.9 Å². The van der Waals surface area contributed by atoms with Gasteiger partial charge in [-0.3, -0.25) is 33.9 Å². The van der Waals surface area contributed by atoms with Crippen molar-refractivity contribution in [3.8, 4) is 0 Å². The Bertz CT molecular complexity index is 1930. The number of carbonyl (C=O) groups excluding carboxylic acids is 3. The van der Waals surface area contributed by atoms with Gasteiger partial charge in [0.25, 0.3) is 5.69 Å². The highest BCUT2D eigenvalue weighted by atomic mass is 35.5. The number of alkyl halides is 3. The van der Waals surface area contributed by atoms with E-state index in [1.807, 2.05) is 0 Å². The predicted octanol–water partition coefficient (Wildman–Crippen LogP) is 5.92. The molecule has 1 N–H and O–H groups in total. The van der Waals surface area contributed by atoms with Crippen LogP contribution in [0.3, 0.4) is 0 Å². The van der Waals surface area contributed by atoms with Crippen molar-refractivity contribution >= 4 is 69.5 Å². The van der Waals surface area contributed by atoms with Crippen LogP contribution in [-0.2, 0) is 27.1 Å². The van der Waals surface area contributed by atoms with Gasteiger partial charge in [-0.2, -0.15) is 13.2 Å². The third kappa shape index (κ3) is 5.51. The fourth-order valence-corrected chi connectivity index (χ4v) is 8.33. The molecule has 1 aromatic heterocycles. The molecule has 2 unspecified atom stereocenters. The lowest BCUT2D eigenvalue weighted by molar-refractivity contribution is -0.384. The zero-order chi connectivity index (χ0) is 32.2. The summed E-state index contributed by atoms with van der Waals surface area (Å²) < 4.78 is 41.5. The van der Waals surface area contributed by atoms with Crippen LogP contribution in [-0.4, -0.2) is 32.5 Å². The zero-order valence-corrected chi connectivity index (χ0v) is 24.9. The first-order valence-electron chi connectivity index (χ1n) is 13.1. The Labute approximate surface area is 264 Å². The predicted molar refractivity (Wildman–Crippen MR) is 161 cm³/mol. The number of hydrogen-bond acceptors (Lipinski definition) is 8. The van der Waals surface area contributed by atoms with Crippen LogP contribution in [0.4, 0.5) is 30.2 Å². The molecule has 3 aromatic carbocycles. The first-order valence-corrected chi connectivity index (χ1v) is 15.2. The number of nitro benzene ring substituents is 1. The number of carbonyl (C=O) groups is 3. The number of non-ortho nitro benzene ring substituents is 1. The quantitative estimate of drug-likeness (QED) is 0.152. The van der Waals surface area contributed by atoms with E-state index in [4.69, 9.17) is 11.6 Å². The summed E-state index contributed by atoms with van der Waals surface area (Å²) in [5.41, 5.74) is -1.07. The van der Waals surface area contributed by atoms with E-state index in [1.165, 1.54) is 36.4 Å². The molecule has 6 rings (SSSR count). The molecule has 3 amide bonds. The van der Waals surface area contributed by atoms with E-state index in [0.717, 1.165) is 44.7 Å². The highest BCUT2D eigenvalue weighted by molar-refractivity contribution is 8.00. The molecular formula is C29H18ClF3N4O6S2. The molecule has 3 heterocycles. The molecule has 230 valence electrons. The minimum absolute atomic E-state index is 0.129. The molecule has 0 radical (unpaired) electrons. The number of imide groups is 1. The van der Waals surface area contributed by atoms with Gasteiger partial charge in [-0.25, -0.2) is 4.90 Å². The van der Waals surface area contributed by atoms with Gasteiger partial charge in [0, 0.05) is 28.0 Å². The Morgan fingerprint density at radius 2 is 1.64 bits per heavy atom. The summed E-state index contributed by atoms with van der Waals surface area (Å²) in [7, 11) is 0. The minimum Gasteiger partial charge on any atom is -0.324 e. The van der Waals surface area contributed by atoms with Gasteiger partial charge in [0.2, 0.25) is 17.7 Å². The van der Waals surface area contributed by atoms with E-state index in [2.05, 4.69) is 5.32 Å². The van der Waals surface area contributed by atoms with Gasteiger partial charge in [0.15, 0.2) is 0 Å². The molecule has 0 aliphatic carbocycles. The van der Waals surface area contributed by atoms with Gasteiger partial charge >= 0.3 is 11.0 Å². The van der Waals surface area contributed by atoms with E-state index in [9.17, 15) is 42.5 Å². The maximum atomic E-state index is 13.9. The number of amides is 3. The van der Waals surface area contributed by atoms with Crippen LogP contribution < -0.4 is 15.1 Å². The van der Waals surface area contributed by atoms with Gasteiger partial charge < -0.3 is 5.32 Å². The molecular weight excluding hydrogens is 657 g/mol. The minimum atomic E-state index is -4.73. The zero-order valence-electron chi connectivity index (χ0n) is 22.5. The second-order valence-corrected chi connectivity index (χ2v) is 12.7. The number of hydrogen-bond donors (Lipinski definition) is 1. The lowest BCUT2D eigenvalue weighted by Crippen LogP contribution is -2.33. The van der Waals surface area contributed by atoms with Crippen LogP contribution in [0.25, 0.3) is 0 Å². The third-order valence-electron chi connectivity index (χ3n) is 7.41. The maximum Gasteiger partial charge on any atom is 0.418 e.